The number of benzene rings is 1. The molecule has 7 heteroatoms. The van der Waals surface area contributed by atoms with E-state index in [-0.39, 0.29) is 11.7 Å². The Morgan fingerprint density at radius 2 is 2.13 bits per heavy atom. The van der Waals surface area contributed by atoms with Crippen molar-refractivity contribution >= 4 is 17.9 Å². The molecule has 2 N–H and O–H groups in total. The first-order chi connectivity index (χ1) is 11.0. The van der Waals surface area contributed by atoms with Crippen LogP contribution in [-0.2, 0) is 16.2 Å². The zero-order valence-electron chi connectivity index (χ0n) is 12.9. The molecule has 0 unspecified atom stereocenters. The highest BCUT2D eigenvalue weighted by molar-refractivity contribution is 5.97. The van der Waals surface area contributed by atoms with Gasteiger partial charge in [-0.2, -0.15) is 5.10 Å². The van der Waals surface area contributed by atoms with Crippen LogP contribution in [0.15, 0.2) is 41.7 Å². The summed E-state index contributed by atoms with van der Waals surface area (Å²) in [6.45, 7) is 4.64. The third kappa shape index (κ3) is 4.26. The largest absolute Gasteiger partial charge is 0.380 e. The Labute approximate surface area is 133 Å². The van der Waals surface area contributed by atoms with Crippen LogP contribution < -0.4 is 5.73 Å². The minimum Gasteiger partial charge on any atom is -0.380 e. The highest BCUT2D eigenvalue weighted by atomic mass is 19.1. The van der Waals surface area contributed by atoms with Crippen LogP contribution in [0, 0.1) is 12.7 Å². The highest BCUT2D eigenvalue weighted by Gasteiger charge is 2.04. The predicted octanol–water partition coefficient (Wildman–Crippen LogP) is 2.23. The molecule has 2 rings (SSSR count). The van der Waals surface area contributed by atoms with Gasteiger partial charge in [0.1, 0.15) is 5.82 Å². The Balaban J connectivity index is 1.98. The third-order valence-corrected chi connectivity index (χ3v) is 3.21. The van der Waals surface area contributed by atoms with Crippen LogP contribution in [0.3, 0.4) is 0 Å². The van der Waals surface area contributed by atoms with Gasteiger partial charge in [-0.3, -0.25) is 4.68 Å². The summed E-state index contributed by atoms with van der Waals surface area (Å²) in [5.74, 6) is -1.06. The fourth-order valence-corrected chi connectivity index (χ4v) is 1.90. The molecule has 0 atom stereocenters. The van der Waals surface area contributed by atoms with Crippen LogP contribution in [0.25, 0.3) is 6.08 Å². The summed E-state index contributed by atoms with van der Waals surface area (Å²) in [6.07, 6.45) is 4.50. The Morgan fingerprint density at radius 3 is 2.74 bits per heavy atom. The van der Waals surface area contributed by atoms with Crippen molar-refractivity contribution in [1.82, 2.24) is 9.78 Å². The molecule has 0 bridgehead atoms. The number of oxime groups is 1. The molecule has 6 nitrogen and oxygen atoms in total. The highest BCUT2D eigenvalue weighted by Crippen LogP contribution is 2.09. The van der Waals surface area contributed by atoms with Gasteiger partial charge in [0.25, 0.3) is 0 Å². The number of aromatic nitrogens is 2. The summed E-state index contributed by atoms with van der Waals surface area (Å²) in [6, 6.07) is 5.38. The zero-order chi connectivity index (χ0) is 16.8. The van der Waals surface area contributed by atoms with E-state index in [0.717, 1.165) is 17.8 Å². The first-order valence-corrected chi connectivity index (χ1v) is 7.02. The average Bonchev–Trinajstić information content (AvgIpc) is 2.91. The Morgan fingerprint density at radius 1 is 1.43 bits per heavy atom. The maximum Gasteiger partial charge on any atom is 0.358 e. The monoisotopic (exact) mass is 316 g/mol. The molecule has 2 aromatic rings. The smallest absolute Gasteiger partial charge is 0.358 e. The molecule has 0 aliphatic rings. The van der Waals surface area contributed by atoms with Crippen LogP contribution in [0.2, 0.25) is 0 Å². The van der Waals surface area contributed by atoms with Gasteiger partial charge in [0.15, 0.2) is 5.84 Å². The van der Waals surface area contributed by atoms with E-state index in [9.17, 15) is 9.18 Å². The summed E-state index contributed by atoms with van der Waals surface area (Å²) < 4.78 is 14.6. The summed E-state index contributed by atoms with van der Waals surface area (Å²) in [7, 11) is 0. The minimum absolute atomic E-state index is 0.0123. The molecular weight excluding hydrogens is 299 g/mol. The summed E-state index contributed by atoms with van der Waals surface area (Å²) in [4.78, 5) is 16.3. The standard InChI is InChI=1S/C16H17FN4O2/c1-3-21-11(2)13(10-19-21)6-9-15(22)23-20-16(18)12-4-7-14(17)8-5-12/h4-10H,3H2,1-2H3,(H2,18,20)/b9-6+. The first kappa shape index (κ1) is 16.4. The van der Waals surface area contributed by atoms with E-state index in [1.54, 1.807) is 12.3 Å². The average molecular weight is 316 g/mol. The normalized spacial score (nSPS) is 11.9. The fourth-order valence-electron chi connectivity index (χ4n) is 1.90. The van der Waals surface area contributed by atoms with E-state index in [4.69, 9.17) is 10.6 Å². The lowest BCUT2D eigenvalue weighted by atomic mass is 10.2. The van der Waals surface area contributed by atoms with Gasteiger partial charge in [-0.25, -0.2) is 9.18 Å². The van der Waals surface area contributed by atoms with E-state index in [1.807, 2.05) is 18.5 Å². The number of halogens is 1. The van der Waals surface area contributed by atoms with Crippen molar-refractivity contribution in [2.75, 3.05) is 0 Å². The molecule has 1 aromatic carbocycles. The number of hydrogen-bond acceptors (Lipinski definition) is 4. The van der Waals surface area contributed by atoms with Gasteiger partial charge in [-0.05, 0) is 44.2 Å². The van der Waals surface area contributed by atoms with Gasteiger partial charge in [0.2, 0.25) is 0 Å². The Bertz CT molecular complexity index is 748. The summed E-state index contributed by atoms with van der Waals surface area (Å²) >= 11 is 0. The fraction of sp³-hybridized carbons (Fsp3) is 0.188. The number of carbonyl (C=O) groups excluding carboxylic acids is 1. The molecule has 23 heavy (non-hydrogen) atoms. The van der Waals surface area contributed by atoms with Crippen LogP contribution in [0.5, 0.6) is 0 Å². The lowest BCUT2D eigenvalue weighted by molar-refractivity contribution is -0.137. The number of nitrogens with two attached hydrogens (primary N) is 1. The summed E-state index contributed by atoms with van der Waals surface area (Å²) in [5, 5.41) is 7.70. The van der Waals surface area contributed by atoms with E-state index < -0.39 is 5.97 Å². The maximum absolute atomic E-state index is 12.8. The van der Waals surface area contributed by atoms with Crippen LogP contribution in [0.4, 0.5) is 4.39 Å². The van der Waals surface area contributed by atoms with Crippen molar-refractivity contribution in [3.05, 3.63) is 59.2 Å². The summed E-state index contributed by atoms with van der Waals surface area (Å²) in [5.41, 5.74) is 7.89. The second-order valence-electron chi connectivity index (χ2n) is 4.73. The first-order valence-electron chi connectivity index (χ1n) is 7.02. The lowest BCUT2D eigenvalue weighted by Crippen LogP contribution is -2.14. The molecular formula is C16H17FN4O2. The van der Waals surface area contributed by atoms with Crippen LogP contribution >= 0.6 is 0 Å². The van der Waals surface area contributed by atoms with Gasteiger partial charge in [0.05, 0.1) is 6.20 Å². The quantitative estimate of drug-likeness (QED) is 0.301. The molecule has 0 aliphatic heterocycles. The number of rotatable bonds is 5. The van der Waals surface area contributed by atoms with Gasteiger partial charge < -0.3 is 10.6 Å². The molecule has 0 aliphatic carbocycles. The number of nitrogens with zero attached hydrogens (tertiary/aromatic N) is 3. The van der Waals surface area contributed by atoms with E-state index in [2.05, 4.69) is 10.3 Å². The van der Waals surface area contributed by atoms with E-state index >= 15 is 0 Å². The molecule has 0 saturated heterocycles. The van der Waals surface area contributed by atoms with Gasteiger partial charge >= 0.3 is 5.97 Å². The topological polar surface area (TPSA) is 82.5 Å². The zero-order valence-corrected chi connectivity index (χ0v) is 12.9. The number of carbonyl (C=O) groups is 1. The van der Waals surface area contributed by atoms with Crippen LogP contribution in [0.1, 0.15) is 23.7 Å². The molecule has 1 heterocycles. The molecule has 0 spiro atoms. The van der Waals surface area contributed by atoms with Crippen molar-refractivity contribution in [3.63, 3.8) is 0 Å². The SMILES string of the molecule is CCn1ncc(/C=C/C(=O)O/N=C(\N)c2ccc(F)cc2)c1C. The lowest BCUT2D eigenvalue weighted by Gasteiger charge is -2.00. The number of amidine groups is 1. The van der Waals surface area contributed by atoms with Gasteiger partial charge in [-0.1, -0.05) is 5.16 Å². The molecule has 120 valence electrons. The van der Waals surface area contributed by atoms with Crippen molar-refractivity contribution in [3.8, 4) is 0 Å². The number of aryl methyl sites for hydroxylation is 1. The van der Waals surface area contributed by atoms with Gasteiger partial charge in [-0.15, -0.1) is 0 Å². The maximum atomic E-state index is 12.8. The predicted molar refractivity (Wildman–Crippen MR) is 84.9 cm³/mol. The molecule has 0 radical (unpaired) electrons. The molecule has 0 saturated carbocycles. The Hall–Kier alpha value is -2.96. The minimum atomic E-state index is -0.668. The number of hydrogen-bond donors (Lipinski definition) is 1. The Kier molecular flexibility index (Phi) is 5.24. The van der Waals surface area contributed by atoms with Crippen molar-refractivity contribution < 1.29 is 14.0 Å². The second kappa shape index (κ2) is 7.35. The third-order valence-electron chi connectivity index (χ3n) is 3.21. The van der Waals surface area contributed by atoms with E-state index in [1.165, 1.54) is 30.3 Å². The second-order valence-corrected chi connectivity index (χ2v) is 4.73. The molecule has 0 fully saturated rings. The van der Waals surface area contributed by atoms with Gasteiger partial charge in [0, 0.05) is 29.4 Å². The van der Waals surface area contributed by atoms with Crippen molar-refractivity contribution in [1.29, 1.82) is 0 Å². The van der Waals surface area contributed by atoms with Crippen LogP contribution in [-0.4, -0.2) is 21.6 Å². The molecule has 1 aromatic heterocycles. The van der Waals surface area contributed by atoms with E-state index in [0.29, 0.717) is 5.56 Å². The van der Waals surface area contributed by atoms with Crippen molar-refractivity contribution in [2.24, 2.45) is 10.9 Å². The van der Waals surface area contributed by atoms with Crippen molar-refractivity contribution in [2.45, 2.75) is 20.4 Å². The molecule has 0 amide bonds.